The van der Waals surface area contributed by atoms with E-state index in [2.05, 4.69) is 5.32 Å². The number of carboxylic acid groups (broad SMARTS) is 1. The summed E-state index contributed by atoms with van der Waals surface area (Å²) in [5.41, 5.74) is 0.885. The number of hydrogen-bond acceptors (Lipinski definition) is 5. The summed E-state index contributed by atoms with van der Waals surface area (Å²) in [5, 5.41) is 12.0. The van der Waals surface area contributed by atoms with E-state index in [0.29, 0.717) is 24.6 Å². The minimum atomic E-state index is -0.836. The van der Waals surface area contributed by atoms with Crippen molar-refractivity contribution in [2.75, 3.05) is 38.8 Å². The lowest BCUT2D eigenvalue weighted by Crippen LogP contribution is -2.54. The Bertz CT molecular complexity index is 464. The van der Waals surface area contributed by atoms with Crippen molar-refractivity contribution in [2.24, 2.45) is 0 Å². The van der Waals surface area contributed by atoms with E-state index < -0.39 is 12.0 Å². The molecule has 1 heterocycles. The van der Waals surface area contributed by atoms with Gasteiger partial charge in [0.05, 0.1) is 19.9 Å². The summed E-state index contributed by atoms with van der Waals surface area (Å²) in [7, 11) is 3.19. The Morgan fingerprint density at radius 2 is 2.21 bits per heavy atom. The van der Waals surface area contributed by atoms with Gasteiger partial charge in [-0.2, -0.15) is 0 Å². The fraction of sp³-hybridized carbons (Fsp3) is 0.462. The first kappa shape index (κ1) is 13.5. The highest BCUT2D eigenvalue weighted by Gasteiger charge is 2.26. The molecule has 0 bridgehead atoms. The van der Waals surface area contributed by atoms with Crippen LogP contribution in [0.25, 0.3) is 0 Å². The molecule has 19 heavy (non-hydrogen) atoms. The van der Waals surface area contributed by atoms with Crippen molar-refractivity contribution in [1.29, 1.82) is 0 Å². The number of carbonyl (C=O) groups is 1. The topological polar surface area (TPSA) is 71.0 Å². The van der Waals surface area contributed by atoms with Crippen LogP contribution in [0.4, 0.5) is 5.69 Å². The van der Waals surface area contributed by atoms with Crippen LogP contribution in [0, 0.1) is 0 Å². The van der Waals surface area contributed by atoms with Crippen LogP contribution in [-0.2, 0) is 4.79 Å². The van der Waals surface area contributed by atoms with Crippen LogP contribution in [0.2, 0.25) is 0 Å². The van der Waals surface area contributed by atoms with Gasteiger partial charge in [0.15, 0.2) is 0 Å². The van der Waals surface area contributed by atoms with E-state index in [1.807, 2.05) is 17.0 Å². The van der Waals surface area contributed by atoms with Gasteiger partial charge in [-0.25, -0.2) is 0 Å². The molecule has 1 aliphatic rings. The standard InChI is InChI=1S/C13H18N2O4/c1-18-9-3-4-11(12(7-9)19-2)15-6-5-14-10(8-15)13(16)17/h3-4,7,10,14H,5-6,8H2,1-2H3,(H,16,17). The van der Waals surface area contributed by atoms with Gasteiger partial charge in [-0.3, -0.25) is 4.79 Å². The van der Waals surface area contributed by atoms with E-state index in [0.717, 1.165) is 12.2 Å². The fourth-order valence-electron chi connectivity index (χ4n) is 2.18. The molecule has 0 spiro atoms. The number of aliphatic carboxylic acids is 1. The number of piperazine rings is 1. The lowest BCUT2D eigenvalue weighted by Gasteiger charge is -2.34. The zero-order valence-electron chi connectivity index (χ0n) is 11.0. The molecule has 1 aromatic rings. The molecule has 0 saturated carbocycles. The molecule has 1 atom stereocenters. The minimum absolute atomic E-state index is 0.415. The van der Waals surface area contributed by atoms with Crippen LogP contribution in [0.15, 0.2) is 18.2 Å². The van der Waals surface area contributed by atoms with Gasteiger partial charge in [0.1, 0.15) is 17.5 Å². The first-order valence-electron chi connectivity index (χ1n) is 6.09. The first-order chi connectivity index (χ1) is 9.15. The van der Waals surface area contributed by atoms with E-state index in [9.17, 15) is 4.79 Å². The van der Waals surface area contributed by atoms with Crippen molar-refractivity contribution in [3.8, 4) is 11.5 Å². The molecule has 0 amide bonds. The molecule has 0 aliphatic carbocycles. The van der Waals surface area contributed by atoms with Crippen LogP contribution >= 0.6 is 0 Å². The summed E-state index contributed by atoms with van der Waals surface area (Å²) < 4.78 is 10.5. The van der Waals surface area contributed by atoms with E-state index in [4.69, 9.17) is 14.6 Å². The van der Waals surface area contributed by atoms with Gasteiger partial charge < -0.3 is 24.8 Å². The van der Waals surface area contributed by atoms with Gasteiger partial charge >= 0.3 is 5.97 Å². The fourth-order valence-corrected chi connectivity index (χ4v) is 2.18. The summed E-state index contributed by atoms with van der Waals surface area (Å²) in [5.74, 6) is 0.563. The Kier molecular flexibility index (Phi) is 4.11. The van der Waals surface area contributed by atoms with Crippen molar-refractivity contribution in [3.63, 3.8) is 0 Å². The van der Waals surface area contributed by atoms with E-state index in [-0.39, 0.29) is 0 Å². The third-order valence-electron chi connectivity index (χ3n) is 3.20. The Morgan fingerprint density at radius 1 is 1.42 bits per heavy atom. The van der Waals surface area contributed by atoms with E-state index in [1.54, 1.807) is 20.3 Å². The number of rotatable bonds is 4. The Labute approximate surface area is 111 Å². The van der Waals surface area contributed by atoms with Crippen molar-refractivity contribution in [1.82, 2.24) is 5.32 Å². The molecule has 2 N–H and O–H groups in total. The number of nitrogens with one attached hydrogen (secondary N) is 1. The molecule has 6 heteroatoms. The molecule has 6 nitrogen and oxygen atoms in total. The molecule has 2 rings (SSSR count). The average molecular weight is 266 g/mol. The van der Waals surface area contributed by atoms with E-state index >= 15 is 0 Å². The third-order valence-corrected chi connectivity index (χ3v) is 3.20. The second-order valence-electron chi connectivity index (χ2n) is 4.33. The summed E-state index contributed by atoms with van der Waals surface area (Å²) in [6.07, 6.45) is 0. The predicted octanol–water partition coefficient (Wildman–Crippen LogP) is 0.567. The summed E-state index contributed by atoms with van der Waals surface area (Å²) in [6, 6.07) is 4.98. The highest BCUT2D eigenvalue weighted by molar-refractivity contribution is 5.75. The largest absolute Gasteiger partial charge is 0.497 e. The van der Waals surface area contributed by atoms with Crippen LogP contribution in [0.5, 0.6) is 11.5 Å². The zero-order valence-corrected chi connectivity index (χ0v) is 11.0. The second kappa shape index (κ2) is 5.79. The zero-order chi connectivity index (χ0) is 13.8. The number of benzene rings is 1. The second-order valence-corrected chi connectivity index (χ2v) is 4.33. The highest BCUT2D eigenvalue weighted by Crippen LogP contribution is 2.32. The maximum absolute atomic E-state index is 11.0. The first-order valence-corrected chi connectivity index (χ1v) is 6.09. The molecule has 0 radical (unpaired) electrons. The number of anilines is 1. The lowest BCUT2D eigenvalue weighted by molar-refractivity contribution is -0.139. The molecule has 1 saturated heterocycles. The Morgan fingerprint density at radius 3 is 2.84 bits per heavy atom. The van der Waals surface area contributed by atoms with Crippen molar-refractivity contribution in [3.05, 3.63) is 18.2 Å². The number of ether oxygens (including phenoxy) is 2. The quantitative estimate of drug-likeness (QED) is 0.830. The summed E-state index contributed by atoms with van der Waals surface area (Å²) in [4.78, 5) is 13.1. The predicted molar refractivity (Wildman–Crippen MR) is 71.2 cm³/mol. The maximum Gasteiger partial charge on any atom is 0.322 e. The summed E-state index contributed by atoms with van der Waals surface area (Å²) in [6.45, 7) is 1.79. The van der Waals surface area contributed by atoms with Crippen LogP contribution < -0.4 is 19.7 Å². The Hall–Kier alpha value is -1.95. The smallest absolute Gasteiger partial charge is 0.322 e. The lowest BCUT2D eigenvalue weighted by atomic mass is 10.1. The highest BCUT2D eigenvalue weighted by atomic mass is 16.5. The SMILES string of the molecule is COc1ccc(N2CCNC(C(=O)O)C2)c(OC)c1. The molecule has 1 fully saturated rings. The number of carboxylic acids is 1. The number of nitrogens with zero attached hydrogens (tertiary/aromatic N) is 1. The normalized spacial score (nSPS) is 19.1. The summed E-state index contributed by atoms with van der Waals surface area (Å²) >= 11 is 0. The van der Waals surface area contributed by atoms with Gasteiger partial charge in [0, 0.05) is 25.7 Å². The molecular weight excluding hydrogens is 248 g/mol. The minimum Gasteiger partial charge on any atom is -0.497 e. The van der Waals surface area contributed by atoms with Crippen LogP contribution in [0.3, 0.4) is 0 Å². The van der Waals surface area contributed by atoms with Gasteiger partial charge in [-0.15, -0.1) is 0 Å². The molecule has 1 aliphatic heterocycles. The van der Waals surface area contributed by atoms with Gasteiger partial charge in [0.25, 0.3) is 0 Å². The van der Waals surface area contributed by atoms with Gasteiger partial charge in [0.2, 0.25) is 0 Å². The van der Waals surface area contributed by atoms with Crippen LogP contribution in [-0.4, -0.2) is 51.0 Å². The van der Waals surface area contributed by atoms with Crippen molar-refractivity contribution >= 4 is 11.7 Å². The number of hydrogen-bond donors (Lipinski definition) is 2. The molecule has 104 valence electrons. The van der Waals surface area contributed by atoms with Gasteiger partial charge in [-0.05, 0) is 12.1 Å². The molecule has 1 unspecified atom stereocenters. The van der Waals surface area contributed by atoms with Crippen LogP contribution in [0.1, 0.15) is 0 Å². The average Bonchev–Trinajstić information content (AvgIpc) is 2.46. The molecule has 0 aromatic heterocycles. The molecular formula is C13H18N2O4. The molecule has 1 aromatic carbocycles. The van der Waals surface area contributed by atoms with Gasteiger partial charge in [-0.1, -0.05) is 0 Å². The Balaban J connectivity index is 2.23. The number of methoxy groups -OCH3 is 2. The third kappa shape index (κ3) is 2.90. The van der Waals surface area contributed by atoms with E-state index in [1.165, 1.54) is 0 Å². The monoisotopic (exact) mass is 266 g/mol. The van der Waals surface area contributed by atoms with Crippen molar-refractivity contribution in [2.45, 2.75) is 6.04 Å². The maximum atomic E-state index is 11.0. The van der Waals surface area contributed by atoms with Crippen molar-refractivity contribution < 1.29 is 19.4 Å².